The Morgan fingerprint density at radius 3 is 2.00 bits per heavy atom. The van der Waals surface area contributed by atoms with Crippen molar-refractivity contribution in [3.05, 3.63) is 99.5 Å². The number of nitrogens with one attached hydrogen (secondary N) is 1. The molecule has 0 aliphatic carbocycles. The minimum Gasteiger partial charge on any atom is -0.325 e. The highest BCUT2D eigenvalue weighted by Crippen LogP contribution is 2.30. The van der Waals surface area contributed by atoms with Gasteiger partial charge in [-0.3, -0.25) is 4.79 Å². The minimum absolute atomic E-state index is 0.00313. The van der Waals surface area contributed by atoms with Gasteiger partial charge in [-0.25, -0.2) is 0 Å². The first kappa shape index (κ1) is 17.7. The van der Waals surface area contributed by atoms with Gasteiger partial charge in [0.15, 0.2) is 0 Å². The number of hydrogen-bond donors (Lipinski definition) is 1. The van der Waals surface area contributed by atoms with Crippen molar-refractivity contribution in [3.63, 3.8) is 0 Å². The Bertz CT molecular complexity index is 813. The molecule has 0 radical (unpaired) electrons. The van der Waals surface area contributed by atoms with Crippen LogP contribution in [-0.2, 0) is 4.79 Å². The average Bonchev–Trinajstić information content (AvgIpc) is 2.63. The lowest BCUT2D eigenvalue weighted by molar-refractivity contribution is -0.116. The van der Waals surface area contributed by atoms with E-state index in [0.29, 0.717) is 17.1 Å². The number of carbonyl (C=O) groups is 1. The molecule has 0 atom stereocenters. The molecule has 0 saturated carbocycles. The number of carbonyl (C=O) groups excluding carboxylic acids is 1. The van der Waals surface area contributed by atoms with Gasteiger partial charge in [0.05, 0.1) is 10.7 Å². The van der Waals surface area contributed by atoms with Gasteiger partial charge in [0, 0.05) is 16.8 Å². The zero-order chi connectivity index (χ0) is 17.6. The molecule has 126 valence electrons. The van der Waals surface area contributed by atoms with E-state index in [-0.39, 0.29) is 11.8 Å². The van der Waals surface area contributed by atoms with Crippen LogP contribution in [0.3, 0.4) is 0 Å². The third-order valence-corrected chi connectivity index (χ3v) is 4.80. The fraction of sp³-hybridized carbons (Fsp3) is 0.0952. The molecule has 0 bridgehead atoms. The molecule has 25 heavy (non-hydrogen) atoms. The number of halogens is 2. The molecule has 4 heteroatoms. The Labute approximate surface area is 161 Å². The van der Waals surface area contributed by atoms with Crippen LogP contribution < -0.4 is 5.32 Å². The molecule has 0 unspecified atom stereocenters. The van der Waals surface area contributed by atoms with Gasteiger partial charge in [-0.15, -0.1) is 0 Å². The second-order valence-corrected chi connectivity index (χ2v) is 7.07. The summed E-state index contributed by atoms with van der Waals surface area (Å²) in [6.07, 6.45) is 0.348. The van der Waals surface area contributed by atoms with Crippen molar-refractivity contribution in [2.24, 2.45) is 0 Å². The molecule has 0 aliphatic heterocycles. The molecule has 3 aromatic carbocycles. The zero-order valence-corrected chi connectivity index (χ0v) is 15.8. The molecule has 0 heterocycles. The summed E-state index contributed by atoms with van der Waals surface area (Å²) < 4.78 is 0.877. The summed E-state index contributed by atoms with van der Waals surface area (Å²) in [7, 11) is 0. The molecule has 2 nitrogen and oxygen atoms in total. The van der Waals surface area contributed by atoms with Crippen LogP contribution in [0.5, 0.6) is 0 Å². The van der Waals surface area contributed by atoms with E-state index in [4.69, 9.17) is 11.6 Å². The van der Waals surface area contributed by atoms with E-state index in [9.17, 15) is 4.79 Å². The fourth-order valence-corrected chi connectivity index (χ4v) is 3.50. The average molecular weight is 415 g/mol. The van der Waals surface area contributed by atoms with E-state index in [1.807, 2.05) is 42.5 Å². The largest absolute Gasteiger partial charge is 0.325 e. The highest BCUT2D eigenvalue weighted by atomic mass is 79.9. The summed E-state index contributed by atoms with van der Waals surface area (Å²) in [6.45, 7) is 0. The van der Waals surface area contributed by atoms with Crippen molar-refractivity contribution < 1.29 is 4.79 Å². The zero-order valence-electron chi connectivity index (χ0n) is 13.5. The highest BCUT2D eigenvalue weighted by molar-refractivity contribution is 9.10. The topological polar surface area (TPSA) is 29.1 Å². The van der Waals surface area contributed by atoms with E-state index < -0.39 is 0 Å². The van der Waals surface area contributed by atoms with Crippen molar-refractivity contribution in [1.82, 2.24) is 0 Å². The van der Waals surface area contributed by atoms with Crippen LogP contribution in [0.15, 0.2) is 83.3 Å². The van der Waals surface area contributed by atoms with Gasteiger partial charge in [-0.1, -0.05) is 88.2 Å². The molecule has 0 saturated heterocycles. The second-order valence-electron chi connectivity index (χ2n) is 5.75. The number of hydrogen-bond acceptors (Lipinski definition) is 1. The Morgan fingerprint density at radius 1 is 0.920 bits per heavy atom. The van der Waals surface area contributed by atoms with Gasteiger partial charge < -0.3 is 5.32 Å². The van der Waals surface area contributed by atoms with Crippen LogP contribution in [0, 0.1) is 0 Å². The Balaban J connectivity index is 1.82. The number of benzene rings is 3. The van der Waals surface area contributed by atoms with Crippen molar-refractivity contribution in [1.29, 1.82) is 0 Å². The van der Waals surface area contributed by atoms with E-state index in [2.05, 4.69) is 45.5 Å². The summed E-state index contributed by atoms with van der Waals surface area (Å²) in [6, 6.07) is 25.6. The smallest absolute Gasteiger partial charge is 0.225 e. The van der Waals surface area contributed by atoms with Crippen molar-refractivity contribution in [3.8, 4) is 0 Å². The first-order valence-electron chi connectivity index (χ1n) is 7.98. The highest BCUT2D eigenvalue weighted by Gasteiger charge is 2.18. The lowest BCUT2D eigenvalue weighted by Crippen LogP contribution is -2.16. The number of anilines is 1. The molecule has 1 amide bonds. The van der Waals surface area contributed by atoms with E-state index in [0.717, 1.165) is 15.6 Å². The van der Waals surface area contributed by atoms with E-state index in [1.54, 1.807) is 12.1 Å². The minimum atomic E-state index is -0.0677. The first-order valence-corrected chi connectivity index (χ1v) is 9.15. The van der Waals surface area contributed by atoms with Crippen LogP contribution in [0.2, 0.25) is 5.02 Å². The molecular formula is C21H17BrClNO. The molecule has 0 spiro atoms. The van der Waals surface area contributed by atoms with Crippen LogP contribution in [0.4, 0.5) is 5.69 Å². The maximum atomic E-state index is 12.6. The van der Waals surface area contributed by atoms with E-state index in [1.165, 1.54) is 0 Å². The molecule has 0 aliphatic rings. The van der Waals surface area contributed by atoms with Gasteiger partial charge in [-0.05, 0) is 29.3 Å². The third kappa shape index (κ3) is 4.71. The third-order valence-electron chi connectivity index (χ3n) is 4.00. The van der Waals surface area contributed by atoms with Crippen LogP contribution in [0.25, 0.3) is 0 Å². The fourth-order valence-electron chi connectivity index (χ4n) is 2.78. The standard InChI is InChI=1S/C21H17BrClNO/c22-17-11-12-20(19(23)13-17)24-21(25)14-18(15-7-3-1-4-8-15)16-9-5-2-6-10-16/h1-13,18H,14H2,(H,24,25). The maximum absolute atomic E-state index is 12.6. The van der Waals surface area contributed by atoms with Gasteiger partial charge >= 0.3 is 0 Å². The lowest BCUT2D eigenvalue weighted by atomic mass is 9.88. The molecule has 3 rings (SSSR count). The second kappa shape index (κ2) is 8.32. The van der Waals surface area contributed by atoms with Crippen molar-refractivity contribution in [2.45, 2.75) is 12.3 Å². The normalized spacial score (nSPS) is 10.7. The molecular weight excluding hydrogens is 398 g/mol. The quantitative estimate of drug-likeness (QED) is 0.524. The van der Waals surface area contributed by atoms with Crippen molar-refractivity contribution in [2.75, 3.05) is 5.32 Å². The summed E-state index contributed by atoms with van der Waals surface area (Å²) in [4.78, 5) is 12.6. The SMILES string of the molecule is O=C(CC(c1ccccc1)c1ccccc1)Nc1ccc(Br)cc1Cl. The number of rotatable bonds is 5. The molecule has 0 aromatic heterocycles. The Kier molecular flexibility index (Phi) is 5.90. The Hall–Kier alpha value is -2.10. The number of amides is 1. The molecule has 3 aromatic rings. The van der Waals surface area contributed by atoms with Gasteiger partial charge in [0.25, 0.3) is 0 Å². The maximum Gasteiger partial charge on any atom is 0.225 e. The monoisotopic (exact) mass is 413 g/mol. The van der Waals surface area contributed by atoms with Gasteiger partial charge in [0.2, 0.25) is 5.91 Å². The summed E-state index contributed by atoms with van der Waals surface area (Å²) >= 11 is 9.57. The Morgan fingerprint density at radius 2 is 1.48 bits per heavy atom. The predicted molar refractivity (Wildman–Crippen MR) is 107 cm³/mol. The van der Waals surface area contributed by atoms with Crippen LogP contribution in [-0.4, -0.2) is 5.91 Å². The van der Waals surface area contributed by atoms with Gasteiger partial charge in [0.1, 0.15) is 0 Å². The van der Waals surface area contributed by atoms with Gasteiger partial charge in [-0.2, -0.15) is 0 Å². The summed E-state index contributed by atoms with van der Waals surface area (Å²) in [5.41, 5.74) is 2.85. The van der Waals surface area contributed by atoms with Crippen molar-refractivity contribution >= 4 is 39.1 Å². The predicted octanol–water partition coefficient (Wildman–Crippen LogP) is 6.26. The van der Waals surface area contributed by atoms with Crippen LogP contribution >= 0.6 is 27.5 Å². The molecule has 1 N–H and O–H groups in total. The summed E-state index contributed by atoms with van der Waals surface area (Å²) in [5, 5.41) is 3.43. The van der Waals surface area contributed by atoms with E-state index >= 15 is 0 Å². The first-order chi connectivity index (χ1) is 12.1. The molecule has 0 fully saturated rings. The lowest BCUT2D eigenvalue weighted by Gasteiger charge is -2.18. The summed E-state index contributed by atoms with van der Waals surface area (Å²) in [5.74, 6) is -0.0708. The van der Waals surface area contributed by atoms with Crippen LogP contribution in [0.1, 0.15) is 23.5 Å².